The Hall–Kier alpha value is -1.29. The first-order valence-electron chi connectivity index (χ1n) is 10.9. The summed E-state index contributed by atoms with van der Waals surface area (Å²) < 4.78 is 22.8. The Kier molecular flexibility index (Phi) is 13.1. The van der Waals surface area contributed by atoms with E-state index < -0.39 is 17.1 Å². The molecule has 0 radical (unpaired) electrons. The van der Waals surface area contributed by atoms with Crippen molar-refractivity contribution in [2.75, 3.05) is 28.4 Å². The molecule has 2 rings (SSSR count). The van der Waals surface area contributed by atoms with Crippen molar-refractivity contribution >= 4 is 27.5 Å². The Labute approximate surface area is 186 Å². The maximum atomic E-state index is 5.78. The standard InChI is InChI=1S/C14H16O2Si.C10H24O2Si/c1-15-17(16-2,13-9-5-3-6-10-13)14-11-7-4-8-12-14;1-5-7-9-13(11-3,12-4)10-8-6-2/h3-12H,1-2H3;5-10H2,1-4H3. The quantitative estimate of drug-likeness (QED) is 0.435. The van der Waals surface area contributed by atoms with Gasteiger partial charge in [-0.25, -0.2) is 0 Å². The minimum Gasteiger partial charge on any atom is -0.398 e. The summed E-state index contributed by atoms with van der Waals surface area (Å²) in [5.41, 5.74) is 0. The van der Waals surface area contributed by atoms with Crippen LogP contribution >= 0.6 is 0 Å². The highest BCUT2D eigenvalue weighted by Crippen LogP contribution is 2.22. The van der Waals surface area contributed by atoms with Gasteiger partial charge in [-0.1, -0.05) is 100 Å². The molecule has 0 aliphatic rings. The first-order chi connectivity index (χ1) is 14.6. The minimum absolute atomic E-state index is 1.12. The molecule has 0 bridgehead atoms. The van der Waals surface area contributed by atoms with Crippen molar-refractivity contribution in [2.45, 2.75) is 51.6 Å². The molecular formula is C24H40O4Si2. The van der Waals surface area contributed by atoms with E-state index in [4.69, 9.17) is 17.7 Å². The van der Waals surface area contributed by atoms with Crippen LogP contribution in [0.3, 0.4) is 0 Å². The molecule has 2 aromatic rings. The van der Waals surface area contributed by atoms with Crippen LogP contribution in [0.2, 0.25) is 12.1 Å². The molecule has 0 fully saturated rings. The monoisotopic (exact) mass is 448 g/mol. The van der Waals surface area contributed by atoms with Crippen molar-refractivity contribution in [2.24, 2.45) is 0 Å². The van der Waals surface area contributed by atoms with Crippen LogP contribution in [0.15, 0.2) is 60.7 Å². The van der Waals surface area contributed by atoms with E-state index in [9.17, 15) is 0 Å². The fourth-order valence-electron chi connectivity index (χ4n) is 3.55. The molecule has 0 saturated carbocycles. The molecule has 0 aliphatic carbocycles. The Morgan fingerprint density at radius 2 is 0.933 bits per heavy atom. The molecule has 168 valence electrons. The van der Waals surface area contributed by atoms with E-state index in [0.29, 0.717) is 0 Å². The highest BCUT2D eigenvalue weighted by molar-refractivity contribution is 6.92. The van der Waals surface area contributed by atoms with Crippen molar-refractivity contribution in [3.8, 4) is 0 Å². The average Bonchev–Trinajstić information content (AvgIpc) is 2.83. The predicted molar refractivity (Wildman–Crippen MR) is 131 cm³/mol. The third-order valence-electron chi connectivity index (χ3n) is 5.45. The molecule has 0 aliphatic heterocycles. The normalized spacial score (nSPS) is 11.7. The van der Waals surface area contributed by atoms with Gasteiger partial charge in [0.15, 0.2) is 0 Å². The molecule has 0 N–H and O–H groups in total. The molecule has 0 aromatic heterocycles. The molecule has 0 unspecified atom stereocenters. The summed E-state index contributed by atoms with van der Waals surface area (Å²) in [6, 6.07) is 22.6. The van der Waals surface area contributed by atoms with Crippen LogP contribution in [-0.4, -0.2) is 45.6 Å². The molecule has 6 heteroatoms. The Bertz CT molecular complexity index is 608. The lowest BCUT2D eigenvalue weighted by atomic mass is 10.4. The Morgan fingerprint density at radius 1 is 0.567 bits per heavy atom. The highest BCUT2D eigenvalue weighted by Gasteiger charge is 2.40. The van der Waals surface area contributed by atoms with Crippen molar-refractivity contribution < 1.29 is 17.7 Å². The van der Waals surface area contributed by atoms with E-state index in [1.165, 1.54) is 25.7 Å². The largest absolute Gasteiger partial charge is 0.406 e. The smallest absolute Gasteiger partial charge is 0.398 e. The van der Waals surface area contributed by atoms with Gasteiger partial charge in [-0.05, 0) is 22.5 Å². The van der Waals surface area contributed by atoms with Gasteiger partial charge in [-0.2, -0.15) is 0 Å². The first kappa shape index (κ1) is 26.7. The molecular weight excluding hydrogens is 408 g/mol. The Morgan fingerprint density at radius 3 is 1.20 bits per heavy atom. The summed E-state index contributed by atoms with van der Waals surface area (Å²) in [7, 11) is 2.77. The zero-order valence-corrected chi connectivity index (χ0v) is 21.6. The maximum Gasteiger partial charge on any atom is 0.406 e. The molecule has 4 nitrogen and oxygen atoms in total. The summed E-state index contributed by atoms with van der Waals surface area (Å²) in [6.07, 6.45) is 4.93. The molecule has 0 amide bonds. The van der Waals surface area contributed by atoms with Gasteiger partial charge in [0.25, 0.3) is 0 Å². The van der Waals surface area contributed by atoms with E-state index in [1.54, 1.807) is 28.4 Å². The Balaban J connectivity index is 0.000000314. The average molecular weight is 449 g/mol. The van der Waals surface area contributed by atoms with Gasteiger partial charge in [-0.3, -0.25) is 0 Å². The van der Waals surface area contributed by atoms with Crippen molar-refractivity contribution in [3.63, 3.8) is 0 Å². The van der Waals surface area contributed by atoms with Gasteiger partial charge >= 0.3 is 17.1 Å². The lowest BCUT2D eigenvalue weighted by Crippen LogP contribution is -2.62. The molecule has 0 atom stereocenters. The zero-order chi connectivity index (χ0) is 22.3. The van der Waals surface area contributed by atoms with Crippen molar-refractivity contribution in [1.82, 2.24) is 0 Å². The number of unbranched alkanes of at least 4 members (excludes halogenated alkanes) is 2. The number of rotatable bonds is 12. The number of benzene rings is 2. The molecule has 30 heavy (non-hydrogen) atoms. The number of hydrogen-bond acceptors (Lipinski definition) is 4. The third-order valence-corrected chi connectivity index (χ3v) is 12.5. The molecule has 2 aromatic carbocycles. The summed E-state index contributed by atoms with van der Waals surface area (Å²) >= 11 is 0. The van der Waals surface area contributed by atoms with Crippen molar-refractivity contribution in [3.05, 3.63) is 60.7 Å². The van der Waals surface area contributed by atoms with Gasteiger partial charge < -0.3 is 17.7 Å². The third kappa shape index (κ3) is 7.44. The number of hydrogen-bond donors (Lipinski definition) is 0. The minimum atomic E-state index is -2.50. The van der Waals surface area contributed by atoms with Gasteiger partial charge in [0.2, 0.25) is 0 Å². The lowest BCUT2D eigenvalue weighted by Gasteiger charge is -2.27. The predicted octanol–water partition coefficient (Wildman–Crippen LogP) is 4.86. The van der Waals surface area contributed by atoms with E-state index in [2.05, 4.69) is 38.1 Å². The molecule has 0 heterocycles. The van der Waals surface area contributed by atoms with Gasteiger partial charge in [0.1, 0.15) is 0 Å². The van der Waals surface area contributed by atoms with Gasteiger partial charge in [-0.15, -0.1) is 0 Å². The summed E-state index contributed by atoms with van der Waals surface area (Å²) in [5, 5.41) is 2.24. The van der Waals surface area contributed by atoms with Gasteiger partial charge in [0, 0.05) is 28.4 Å². The summed E-state index contributed by atoms with van der Waals surface area (Å²) in [4.78, 5) is 0. The zero-order valence-electron chi connectivity index (χ0n) is 19.6. The second kappa shape index (κ2) is 14.7. The van der Waals surface area contributed by atoms with Crippen LogP contribution in [-0.2, 0) is 17.7 Å². The van der Waals surface area contributed by atoms with Crippen molar-refractivity contribution in [1.29, 1.82) is 0 Å². The fourth-order valence-corrected chi connectivity index (χ4v) is 9.27. The van der Waals surface area contributed by atoms with E-state index >= 15 is 0 Å². The molecule has 0 spiro atoms. The van der Waals surface area contributed by atoms with Crippen LogP contribution in [0, 0.1) is 0 Å². The first-order valence-corrected chi connectivity index (χ1v) is 14.9. The van der Waals surface area contributed by atoms with E-state index in [0.717, 1.165) is 22.5 Å². The van der Waals surface area contributed by atoms with E-state index in [1.807, 2.05) is 36.4 Å². The maximum absolute atomic E-state index is 5.78. The second-order valence-corrected chi connectivity index (χ2v) is 14.1. The fraction of sp³-hybridized carbons (Fsp3) is 0.500. The van der Waals surface area contributed by atoms with E-state index in [-0.39, 0.29) is 0 Å². The lowest BCUT2D eigenvalue weighted by molar-refractivity contribution is 0.239. The highest BCUT2D eigenvalue weighted by atomic mass is 28.4. The van der Waals surface area contributed by atoms with Crippen LogP contribution in [0.25, 0.3) is 0 Å². The van der Waals surface area contributed by atoms with Gasteiger partial charge in [0.05, 0.1) is 0 Å². The topological polar surface area (TPSA) is 36.9 Å². The SMILES string of the molecule is CCCC[Si](CCCC)(OC)OC.CO[Si](OC)(c1ccccc1)c1ccccc1. The second-order valence-electron chi connectivity index (χ2n) is 7.28. The van der Waals surface area contributed by atoms with Crippen LogP contribution < -0.4 is 10.4 Å². The van der Waals surface area contributed by atoms with Crippen LogP contribution in [0.5, 0.6) is 0 Å². The summed E-state index contributed by atoms with van der Waals surface area (Å²) in [6.45, 7) is 4.43. The molecule has 0 saturated heterocycles. The van der Waals surface area contributed by atoms with Crippen LogP contribution in [0.1, 0.15) is 39.5 Å². The van der Waals surface area contributed by atoms with Crippen LogP contribution in [0.4, 0.5) is 0 Å². The summed E-state index contributed by atoms with van der Waals surface area (Å²) in [5.74, 6) is 0.